The number of rotatable bonds is 8. The summed E-state index contributed by atoms with van der Waals surface area (Å²) in [5, 5.41) is 0. The normalized spacial score (nSPS) is 23.2. The zero-order valence-corrected chi connectivity index (χ0v) is 16.5. The number of fused-ring (bicyclic) bond motifs is 1. The Kier molecular flexibility index (Phi) is 5.83. The number of nitrogens with zero attached hydrogens (tertiary/aromatic N) is 5. The molecule has 3 rings (SSSR count). The number of halogens is 1. The fraction of sp³-hybridized carbons (Fsp3) is 0.529. The number of imidazole rings is 1. The summed E-state index contributed by atoms with van der Waals surface area (Å²) >= 11 is 0. The zero-order valence-electron chi connectivity index (χ0n) is 15.6. The van der Waals surface area contributed by atoms with Crippen LogP contribution in [0.5, 0.6) is 0 Å². The molecule has 10 heteroatoms. The molecule has 0 saturated carbocycles. The van der Waals surface area contributed by atoms with Gasteiger partial charge >= 0.3 is 0 Å². The Bertz CT molecular complexity index is 915. The standard InChI is InChI=1S/C17H23FN5O3P/c1-5-11(2)7-27(4,24)10-25-13-6-12(18)17(26-13)23-9-22-14-15(19-3)20-8-21-16(14)23/h6,8-9,11,13,17H,3,5,7,10H2,1-2,4H3/t11?,13-,17+,27?/m0/s1. The van der Waals surface area contributed by atoms with E-state index in [4.69, 9.17) is 9.47 Å². The van der Waals surface area contributed by atoms with Gasteiger partial charge in [-0.15, -0.1) is 0 Å². The van der Waals surface area contributed by atoms with Gasteiger partial charge in [0.2, 0.25) is 0 Å². The van der Waals surface area contributed by atoms with Crippen LogP contribution in [0.2, 0.25) is 0 Å². The van der Waals surface area contributed by atoms with Crippen molar-refractivity contribution in [3.8, 4) is 0 Å². The van der Waals surface area contributed by atoms with Gasteiger partial charge in [-0.25, -0.2) is 24.3 Å². The lowest BCUT2D eigenvalue weighted by Crippen LogP contribution is -2.17. The maximum absolute atomic E-state index is 14.5. The molecule has 2 aromatic rings. The quantitative estimate of drug-likeness (QED) is 0.498. The molecular weight excluding hydrogens is 372 g/mol. The van der Waals surface area contributed by atoms with Gasteiger partial charge in [0.25, 0.3) is 0 Å². The van der Waals surface area contributed by atoms with Gasteiger partial charge in [0.1, 0.15) is 19.8 Å². The highest BCUT2D eigenvalue weighted by Crippen LogP contribution is 2.44. The fourth-order valence-electron chi connectivity index (χ4n) is 2.93. The van der Waals surface area contributed by atoms with Crippen molar-refractivity contribution in [1.82, 2.24) is 19.5 Å². The van der Waals surface area contributed by atoms with Crippen LogP contribution in [0.3, 0.4) is 0 Å². The molecule has 0 bridgehead atoms. The van der Waals surface area contributed by atoms with Gasteiger partial charge in [-0.05, 0) is 19.3 Å². The third-order valence-corrected chi connectivity index (χ3v) is 6.53. The van der Waals surface area contributed by atoms with Crippen LogP contribution in [-0.4, -0.2) is 51.7 Å². The third kappa shape index (κ3) is 4.31. The van der Waals surface area contributed by atoms with Gasteiger partial charge in [0.15, 0.2) is 35.3 Å². The van der Waals surface area contributed by atoms with E-state index >= 15 is 0 Å². The summed E-state index contributed by atoms with van der Waals surface area (Å²) in [6, 6.07) is 0. The Balaban J connectivity index is 1.70. The van der Waals surface area contributed by atoms with Gasteiger partial charge in [-0.3, -0.25) is 4.57 Å². The smallest absolute Gasteiger partial charge is 0.192 e. The first-order valence-corrected chi connectivity index (χ1v) is 11.2. The molecule has 1 aliphatic heterocycles. The molecule has 0 saturated heterocycles. The Morgan fingerprint density at radius 1 is 1.48 bits per heavy atom. The first-order chi connectivity index (χ1) is 12.8. The average Bonchev–Trinajstić information content (AvgIpc) is 3.22. The molecule has 2 aromatic heterocycles. The molecule has 0 aliphatic carbocycles. The van der Waals surface area contributed by atoms with Crippen LogP contribution < -0.4 is 0 Å². The van der Waals surface area contributed by atoms with Crippen molar-refractivity contribution in [2.24, 2.45) is 10.9 Å². The van der Waals surface area contributed by atoms with Gasteiger partial charge < -0.3 is 14.0 Å². The molecule has 4 atom stereocenters. The molecule has 8 nitrogen and oxygen atoms in total. The van der Waals surface area contributed by atoms with Crippen molar-refractivity contribution in [3.63, 3.8) is 0 Å². The molecule has 0 N–H and O–H groups in total. The van der Waals surface area contributed by atoms with E-state index < -0.39 is 25.5 Å². The number of hydrogen-bond acceptors (Lipinski definition) is 7. The van der Waals surface area contributed by atoms with E-state index in [1.807, 2.05) is 0 Å². The maximum Gasteiger partial charge on any atom is 0.192 e. The van der Waals surface area contributed by atoms with E-state index in [1.54, 1.807) is 6.66 Å². The second-order valence-electron chi connectivity index (χ2n) is 6.88. The molecule has 0 radical (unpaired) electrons. The van der Waals surface area contributed by atoms with Crippen LogP contribution in [0.1, 0.15) is 26.5 Å². The highest BCUT2D eigenvalue weighted by atomic mass is 31.2. The summed E-state index contributed by atoms with van der Waals surface area (Å²) in [5.74, 6) is 0.128. The van der Waals surface area contributed by atoms with Crippen molar-refractivity contribution in [1.29, 1.82) is 0 Å². The number of aliphatic imine (C=N–C) groups is 1. The summed E-state index contributed by atoms with van der Waals surface area (Å²) in [7, 11) is -2.48. The Hall–Kier alpha value is -1.96. The molecule has 0 fully saturated rings. The molecule has 3 heterocycles. The second-order valence-corrected chi connectivity index (χ2v) is 10.1. The maximum atomic E-state index is 14.5. The molecular formula is C17H23FN5O3P. The van der Waals surface area contributed by atoms with E-state index in [1.165, 1.54) is 23.3 Å². The van der Waals surface area contributed by atoms with Crippen LogP contribution in [0, 0.1) is 5.92 Å². The van der Waals surface area contributed by atoms with Gasteiger partial charge in [-0.1, -0.05) is 20.3 Å². The van der Waals surface area contributed by atoms with E-state index in [-0.39, 0.29) is 6.35 Å². The molecule has 0 amide bonds. The summed E-state index contributed by atoms with van der Waals surface area (Å²) in [4.78, 5) is 16.0. The van der Waals surface area contributed by atoms with Gasteiger partial charge in [0.05, 0.1) is 6.33 Å². The van der Waals surface area contributed by atoms with Gasteiger partial charge in [-0.2, -0.15) is 0 Å². The highest BCUT2D eigenvalue weighted by molar-refractivity contribution is 7.62. The molecule has 1 aliphatic rings. The van der Waals surface area contributed by atoms with E-state index in [2.05, 4.69) is 40.5 Å². The summed E-state index contributed by atoms with van der Waals surface area (Å²) in [5.41, 5.74) is 0.777. The SMILES string of the molecule is C=Nc1ncnc2c1ncn2[C@@H]1O[C@H](OCP(C)(=O)CC(C)CC)C=C1F. The number of ether oxygens (including phenoxy) is 2. The highest BCUT2D eigenvalue weighted by Gasteiger charge is 2.32. The minimum Gasteiger partial charge on any atom is -0.341 e. The van der Waals surface area contributed by atoms with Crippen molar-refractivity contribution in [3.05, 3.63) is 24.6 Å². The average molecular weight is 395 g/mol. The lowest BCUT2D eigenvalue weighted by Gasteiger charge is -2.20. The molecule has 146 valence electrons. The van der Waals surface area contributed by atoms with Crippen LogP contribution in [-0.2, 0) is 14.0 Å². The van der Waals surface area contributed by atoms with Crippen molar-refractivity contribution in [2.75, 3.05) is 19.2 Å². The van der Waals surface area contributed by atoms with Gasteiger partial charge in [0, 0.05) is 12.2 Å². The van der Waals surface area contributed by atoms with Crippen LogP contribution >= 0.6 is 7.14 Å². The Morgan fingerprint density at radius 2 is 2.26 bits per heavy atom. The number of hydrogen-bond donors (Lipinski definition) is 0. The van der Waals surface area contributed by atoms with Crippen molar-refractivity contribution in [2.45, 2.75) is 32.8 Å². The van der Waals surface area contributed by atoms with Crippen LogP contribution in [0.4, 0.5) is 10.2 Å². The van der Waals surface area contributed by atoms with Crippen molar-refractivity contribution < 1.29 is 18.4 Å². The lowest BCUT2D eigenvalue weighted by molar-refractivity contribution is -0.128. The topological polar surface area (TPSA) is 91.5 Å². The summed E-state index contributed by atoms with van der Waals surface area (Å²) < 4.78 is 39.7. The first kappa shape index (κ1) is 19.8. The monoisotopic (exact) mass is 395 g/mol. The van der Waals surface area contributed by atoms with Crippen molar-refractivity contribution >= 4 is 30.8 Å². The zero-order chi connectivity index (χ0) is 19.6. The molecule has 0 aromatic carbocycles. The lowest BCUT2D eigenvalue weighted by atomic mass is 10.2. The summed E-state index contributed by atoms with van der Waals surface area (Å²) in [6.07, 6.45) is 3.54. The minimum absolute atomic E-state index is 0.0376. The minimum atomic E-state index is -2.48. The molecule has 27 heavy (non-hydrogen) atoms. The summed E-state index contributed by atoms with van der Waals surface area (Å²) in [6.45, 7) is 9.25. The van der Waals surface area contributed by atoms with E-state index in [0.29, 0.717) is 29.1 Å². The van der Waals surface area contributed by atoms with Crippen LogP contribution in [0.15, 0.2) is 29.5 Å². The largest absolute Gasteiger partial charge is 0.341 e. The third-order valence-electron chi connectivity index (χ3n) is 4.44. The predicted octanol–water partition coefficient (Wildman–Crippen LogP) is 3.88. The fourth-order valence-corrected chi connectivity index (χ4v) is 5.07. The Morgan fingerprint density at radius 3 is 2.96 bits per heavy atom. The van der Waals surface area contributed by atoms with Crippen LogP contribution in [0.25, 0.3) is 11.2 Å². The van der Waals surface area contributed by atoms with E-state index in [0.717, 1.165) is 6.42 Å². The number of aromatic nitrogens is 4. The predicted molar refractivity (Wildman–Crippen MR) is 101 cm³/mol. The van der Waals surface area contributed by atoms with E-state index in [9.17, 15) is 8.96 Å². The molecule has 0 spiro atoms. The molecule has 2 unspecified atom stereocenters. The second kappa shape index (κ2) is 7.96. The Labute approximate surface area is 156 Å². The first-order valence-electron chi connectivity index (χ1n) is 8.68.